The van der Waals surface area contributed by atoms with Gasteiger partial charge in [-0.15, -0.1) is 11.3 Å². The predicted octanol–water partition coefficient (Wildman–Crippen LogP) is 3.24. The maximum Gasteiger partial charge on any atom is 0.314 e. The Balaban J connectivity index is 2.28. The van der Waals surface area contributed by atoms with Gasteiger partial charge in [0.05, 0.1) is 11.0 Å². The van der Waals surface area contributed by atoms with Crippen molar-refractivity contribution in [2.45, 2.75) is 26.8 Å². The number of nitrogens with zero attached hydrogens (tertiary/aromatic N) is 3. The summed E-state index contributed by atoms with van der Waals surface area (Å²) in [7, 11) is 0. The third-order valence-corrected chi connectivity index (χ3v) is 3.81. The molecule has 0 spiro atoms. The molecular formula is C12H14N4O2S. The number of aromatic nitrogens is 2. The summed E-state index contributed by atoms with van der Waals surface area (Å²) in [6, 6.07) is 1.51. The van der Waals surface area contributed by atoms with Crippen molar-refractivity contribution < 1.29 is 4.92 Å². The summed E-state index contributed by atoms with van der Waals surface area (Å²) in [4.78, 5) is 19.1. The molecule has 1 atom stereocenters. The maximum atomic E-state index is 11.1. The van der Waals surface area contributed by atoms with E-state index in [1.165, 1.54) is 11.3 Å². The summed E-state index contributed by atoms with van der Waals surface area (Å²) in [5.41, 5.74) is 1.55. The zero-order valence-corrected chi connectivity index (χ0v) is 11.7. The summed E-state index contributed by atoms with van der Waals surface area (Å²) in [6.07, 6.45) is 1.56. The molecule has 7 heteroatoms. The van der Waals surface area contributed by atoms with Crippen molar-refractivity contribution in [3.63, 3.8) is 0 Å². The first-order valence-corrected chi connectivity index (χ1v) is 6.65. The second-order valence-corrected chi connectivity index (χ2v) is 5.17. The van der Waals surface area contributed by atoms with Crippen molar-refractivity contribution in [2.24, 2.45) is 0 Å². The summed E-state index contributed by atoms with van der Waals surface area (Å²) < 4.78 is 0. The Morgan fingerprint density at radius 2 is 2.21 bits per heavy atom. The highest BCUT2D eigenvalue weighted by Gasteiger charge is 2.21. The molecule has 1 unspecified atom stereocenters. The fourth-order valence-corrected chi connectivity index (χ4v) is 2.53. The van der Waals surface area contributed by atoms with Crippen LogP contribution in [0.5, 0.6) is 0 Å². The SMILES string of the molecule is Cc1csc(C(C)Nc2nccc(C)c2[N+](=O)[O-])n1. The molecule has 1 N–H and O–H groups in total. The highest BCUT2D eigenvalue weighted by molar-refractivity contribution is 7.09. The molecule has 100 valence electrons. The van der Waals surface area contributed by atoms with Crippen molar-refractivity contribution in [2.75, 3.05) is 5.32 Å². The van der Waals surface area contributed by atoms with E-state index in [-0.39, 0.29) is 17.5 Å². The van der Waals surface area contributed by atoms with E-state index >= 15 is 0 Å². The van der Waals surface area contributed by atoms with Gasteiger partial charge in [-0.25, -0.2) is 9.97 Å². The number of pyridine rings is 1. The van der Waals surface area contributed by atoms with Gasteiger partial charge in [-0.3, -0.25) is 10.1 Å². The number of nitrogens with one attached hydrogen (secondary N) is 1. The minimum atomic E-state index is -0.412. The van der Waals surface area contributed by atoms with E-state index in [0.29, 0.717) is 5.56 Å². The summed E-state index contributed by atoms with van der Waals surface area (Å²) in [6.45, 7) is 5.52. The van der Waals surface area contributed by atoms with Crippen molar-refractivity contribution >= 4 is 22.8 Å². The number of hydrogen-bond donors (Lipinski definition) is 1. The van der Waals surface area contributed by atoms with Gasteiger partial charge in [0.15, 0.2) is 0 Å². The second-order valence-electron chi connectivity index (χ2n) is 4.28. The first-order valence-electron chi connectivity index (χ1n) is 5.77. The summed E-state index contributed by atoms with van der Waals surface area (Å²) in [5, 5.41) is 17.0. The van der Waals surface area contributed by atoms with Crippen LogP contribution in [-0.2, 0) is 0 Å². The van der Waals surface area contributed by atoms with Crippen LogP contribution in [0.4, 0.5) is 11.5 Å². The predicted molar refractivity (Wildman–Crippen MR) is 74.5 cm³/mol. The molecule has 0 bridgehead atoms. The van der Waals surface area contributed by atoms with Crippen molar-refractivity contribution in [3.8, 4) is 0 Å². The van der Waals surface area contributed by atoms with Gasteiger partial charge < -0.3 is 5.32 Å². The average molecular weight is 278 g/mol. The first kappa shape index (κ1) is 13.4. The van der Waals surface area contributed by atoms with Gasteiger partial charge >= 0.3 is 5.69 Å². The molecule has 0 amide bonds. The van der Waals surface area contributed by atoms with Gasteiger partial charge in [-0.1, -0.05) is 0 Å². The summed E-state index contributed by atoms with van der Waals surface area (Å²) in [5.74, 6) is 0.283. The Bertz CT molecular complexity index is 612. The molecule has 2 aromatic rings. The van der Waals surface area contributed by atoms with Crippen LogP contribution in [0.25, 0.3) is 0 Å². The van der Waals surface area contributed by atoms with Crippen LogP contribution in [0.2, 0.25) is 0 Å². The lowest BCUT2D eigenvalue weighted by Gasteiger charge is -2.12. The monoisotopic (exact) mass is 278 g/mol. The zero-order chi connectivity index (χ0) is 14.0. The molecule has 0 aliphatic heterocycles. The lowest BCUT2D eigenvalue weighted by Crippen LogP contribution is -2.10. The molecule has 0 saturated carbocycles. The lowest BCUT2D eigenvalue weighted by molar-refractivity contribution is -0.384. The molecule has 2 heterocycles. The standard InChI is InChI=1S/C12H14N4O2S/c1-7-4-5-13-11(10(7)16(17)18)15-9(3)12-14-8(2)6-19-12/h4-6,9H,1-3H3,(H,13,15). The van der Waals surface area contributed by atoms with Gasteiger partial charge in [0.25, 0.3) is 0 Å². The van der Waals surface area contributed by atoms with Gasteiger partial charge in [0.2, 0.25) is 5.82 Å². The fraction of sp³-hybridized carbons (Fsp3) is 0.333. The third kappa shape index (κ3) is 2.87. The Hall–Kier alpha value is -2.02. The number of anilines is 1. The normalized spacial score (nSPS) is 12.2. The molecule has 0 aliphatic carbocycles. The highest BCUT2D eigenvalue weighted by Crippen LogP contribution is 2.29. The second kappa shape index (κ2) is 5.31. The average Bonchev–Trinajstić information content (AvgIpc) is 2.75. The number of nitro groups is 1. The van der Waals surface area contributed by atoms with Crippen molar-refractivity contribution in [1.29, 1.82) is 0 Å². The third-order valence-electron chi connectivity index (χ3n) is 2.67. The van der Waals surface area contributed by atoms with E-state index in [1.54, 1.807) is 19.2 Å². The van der Waals surface area contributed by atoms with E-state index in [0.717, 1.165) is 10.7 Å². The van der Waals surface area contributed by atoms with Crippen molar-refractivity contribution in [1.82, 2.24) is 9.97 Å². The van der Waals surface area contributed by atoms with Gasteiger partial charge in [0.1, 0.15) is 5.01 Å². The molecule has 19 heavy (non-hydrogen) atoms. The minimum absolute atomic E-state index is 0.0163. The smallest absolute Gasteiger partial charge is 0.314 e. The molecule has 0 fully saturated rings. The van der Waals surface area contributed by atoms with Crippen LogP contribution in [-0.4, -0.2) is 14.9 Å². The van der Waals surface area contributed by atoms with E-state index < -0.39 is 4.92 Å². The van der Waals surface area contributed by atoms with Crippen LogP contribution < -0.4 is 5.32 Å². The molecule has 0 radical (unpaired) electrons. The van der Waals surface area contributed by atoms with Crippen LogP contribution in [0.1, 0.15) is 29.2 Å². The highest BCUT2D eigenvalue weighted by atomic mass is 32.1. The molecule has 2 aromatic heterocycles. The first-order chi connectivity index (χ1) is 8.99. The fourth-order valence-electron chi connectivity index (χ4n) is 1.72. The maximum absolute atomic E-state index is 11.1. The lowest BCUT2D eigenvalue weighted by atomic mass is 10.2. The quantitative estimate of drug-likeness (QED) is 0.686. The van der Waals surface area contributed by atoms with Crippen LogP contribution >= 0.6 is 11.3 Å². The molecule has 0 saturated heterocycles. The Labute approximate surface area is 114 Å². The van der Waals surface area contributed by atoms with E-state index in [1.807, 2.05) is 19.2 Å². The Morgan fingerprint density at radius 3 is 2.79 bits per heavy atom. The van der Waals surface area contributed by atoms with Gasteiger partial charge in [-0.05, 0) is 26.8 Å². The van der Waals surface area contributed by atoms with Gasteiger partial charge in [0, 0.05) is 22.8 Å². The topological polar surface area (TPSA) is 81.0 Å². The zero-order valence-electron chi connectivity index (χ0n) is 10.9. The largest absolute Gasteiger partial charge is 0.355 e. The Morgan fingerprint density at radius 1 is 1.47 bits per heavy atom. The number of rotatable bonds is 4. The molecule has 2 rings (SSSR count). The summed E-state index contributed by atoms with van der Waals surface area (Å²) >= 11 is 1.52. The molecular weight excluding hydrogens is 264 g/mol. The molecule has 0 aromatic carbocycles. The minimum Gasteiger partial charge on any atom is -0.355 e. The molecule has 6 nitrogen and oxygen atoms in total. The van der Waals surface area contributed by atoms with Crippen LogP contribution in [0.3, 0.4) is 0 Å². The Kier molecular flexibility index (Phi) is 3.75. The van der Waals surface area contributed by atoms with Gasteiger partial charge in [-0.2, -0.15) is 0 Å². The number of hydrogen-bond acceptors (Lipinski definition) is 6. The number of thiazole rings is 1. The number of aryl methyl sites for hydroxylation is 2. The van der Waals surface area contributed by atoms with E-state index in [4.69, 9.17) is 0 Å². The van der Waals surface area contributed by atoms with Crippen molar-refractivity contribution in [3.05, 3.63) is 44.0 Å². The van der Waals surface area contributed by atoms with Crippen LogP contribution in [0.15, 0.2) is 17.6 Å². The van der Waals surface area contributed by atoms with Crippen LogP contribution in [0, 0.1) is 24.0 Å². The molecule has 0 aliphatic rings. The van der Waals surface area contributed by atoms with E-state index in [9.17, 15) is 10.1 Å². The van der Waals surface area contributed by atoms with E-state index in [2.05, 4.69) is 15.3 Å².